The number of hydrogen-bond donors (Lipinski definition) is 0. The maximum absolute atomic E-state index is 10.2. The highest BCUT2D eigenvalue weighted by Gasteiger charge is 2.07. The lowest BCUT2D eigenvalue weighted by atomic mass is 10.2. The number of hydrogen-bond acceptors (Lipinski definition) is 3. The van der Waals surface area contributed by atoms with Crippen LogP contribution in [0, 0.1) is 0 Å². The van der Waals surface area contributed by atoms with Gasteiger partial charge in [0.15, 0.2) is 0 Å². The minimum absolute atomic E-state index is 0.329. The maximum atomic E-state index is 10.2. The van der Waals surface area contributed by atoms with Crippen molar-refractivity contribution in [2.24, 2.45) is 0 Å². The van der Waals surface area contributed by atoms with Crippen molar-refractivity contribution in [2.45, 2.75) is 58.7 Å². The smallest absolute Gasteiger partial charge is 0.295 e. The van der Waals surface area contributed by atoms with Gasteiger partial charge in [0.25, 0.3) is 6.47 Å². The third-order valence-corrected chi connectivity index (χ3v) is 2.05. The van der Waals surface area contributed by atoms with Crippen molar-refractivity contribution in [3.8, 4) is 0 Å². The molecule has 1 unspecified atom stereocenters. The van der Waals surface area contributed by atoms with E-state index in [1.165, 1.54) is 12.8 Å². The number of carbonyl (C=O) groups excluding carboxylic acids is 1. The van der Waals surface area contributed by atoms with Gasteiger partial charge < -0.3 is 9.47 Å². The summed E-state index contributed by atoms with van der Waals surface area (Å²) in [6.07, 6.45) is 6.00. The second-order valence-corrected chi connectivity index (χ2v) is 3.38. The molecule has 14 heavy (non-hydrogen) atoms. The van der Waals surface area contributed by atoms with Crippen LogP contribution in [0.2, 0.25) is 0 Å². The molecule has 3 heteroatoms. The molecule has 1 atom stereocenters. The third-order valence-electron chi connectivity index (χ3n) is 2.05. The highest BCUT2D eigenvalue weighted by Crippen LogP contribution is 2.07. The van der Waals surface area contributed by atoms with E-state index in [4.69, 9.17) is 9.47 Å². The summed E-state index contributed by atoms with van der Waals surface area (Å²) in [5, 5.41) is 0. The van der Waals surface area contributed by atoms with Gasteiger partial charge in [-0.25, -0.2) is 0 Å². The Labute approximate surface area is 86.8 Å². The Balaban J connectivity index is 3.45. The molecule has 0 saturated carbocycles. The molecule has 0 aromatic rings. The first-order chi connectivity index (χ1) is 6.85. The minimum Gasteiger partial charge on any atom is -0.438 e. The summed E-state index contributed by atoms with van der Waals surface area (Å²) in [5.74, 6) is 0. The topological polar surface area (TPSA) is 35.5 Å². The van der Waals surface area contributed by atoms with Crippen LogP contribution in [0.25, 0.3) is 0 Å². The highest BCUT2D eigenvalue weighted by molar-refractivity contribution is 5.37. The average molecular weight is 202 g/mol. The number of rotatable bonds is 10. The summed E-state index contributed by atoms with van der Waals surface area (Å²) in [6, 6.07) is 0. The van der Waals surface area contributed by atoms with Crippen molar-refractivity contribution >= 4 is 6.47 Å². The summed E-state index contributed by atoms with van der Waals surface area (Å²) < 4.78 is 10.3. The zero-order valence-electron chi connectivity index (χ0n) is 9.33. The number of carbonyl (C=O) groups is 1. The Morgan fingerprint density at radius 3 is 2.43 bits per heavy atom. The van der Waals surface area contributed by atoms with Crippen LogP contribution in [0.4, 0.5) is 0 Å². The van der Waals surface area contributed by atoms with Crippen LogP contribution in [0.5, 0.6) is 0 Å². The van der Waals surface area contributed by atoms with Crippen molar-refractivity contribution in [2.75, 3.05) is 6.61 Å². The van der Waals surface area contributed by atoms with Crippen LogP contribution in [0.1, 0.15) is 52.4 Å². The lowest BCUT2D eigenvalue weighted by molar-refractivity contribution is -0.165. The zero-order valence-corrected chi connectivity index (χ0v) is 9.33. The molecule has 0 aliphatic carbocycles. The molecule has 0 bridgehead atoms. The van der Waals surface area contributed by atoms with E-state index in [-0.39, 0.29) is 6.29 Å². The van der Waals surface area contributed by atoms with Gasteiger partial charge in [0, 0.05) is 6.42 Å². The molecule has 0 rings (SSSR count). The Morgan fingerprint density at radius 1 is 1.14 bits per heavy atom. The Kier molecular flexibility index (Phi) is 10.1. The molecule has 0 amide bonds. The summed E-state index contributed by atoms with van der Waals surface area (Å²) >= 11 is 0. The van der Waals surface area contributed by atoms with Crippen LogP contribution in [0.3, 0.4) is 0 Å². The average Bonchev–Trinajstić information content (AvgIpc) is 2.20. The van der Waals surface area contributed by atoms with Crippen LogP contribution >= 0.6 is 0 Å². The first kappa shape index (κ1) is 13.4. The summed E-state index contributed by atoms with van der Waals surface area (Å²) in [7, 11) is 0. The first-order valence-electron chi connectivity index (χ1n) is 5.55. The fourth-order valence-electron chi connectivity index (χ4n) is 1.19. The van der Waals surface area contributed by atoms with Gasteiger partial charge >= 0.3 is 0 Å². The van der Waals surface area contributed by atoms with Gasteiger partial charge in [-0.2, -0.15) is 0 Å². The fourth-order valence-corrected chi connectivity index (χ4v) is 1.19. The summed E-state index contributed by atoms with van der Waals surface area (Å²) in [6.45, 7) is 5.42. The number of unbranched alkanes of at least 4 members (excludes halogenated alkanes) is 3. The standard InChI is InChI=1S/C11H22O3/c1-3-5-7-9-13-11(14-10-12)8-6-4-2/h10-11H,3-9H2,1-2H3. The lowest BCUT2D eigenvalue weighted by Crippen LogP contribution is -2.17. The summed E-state index contributed by atoms with van der Waals surface area (Å²) in [4.78, 5) is 10.2. The minimum atomic E-state index is -0.329. The molecule has 3 nitrogen and oxygen atoms in total. The Hall–Kier alpha value is -0.570. The van der Waals surface area contributed by atoms with Gasteiger partial charge in [0.1, 0.15) is 0 Å². The van der Waals surface area contributed by atoms with Crippen molar-refractivity contribution in [1.82, 2.24) is 0 Å². The Bertz CT molecular complexity index is 126. The zero-order chi connectivity index (χ0) is 10.6. The molecule has 0 aromatic carbocycles. The van der Waals surface area contributed by atoms with Gasteiger partial charge in [0.2, 0.25) is 6.29 Å². The van der Waals surface area contributed by atoms with Crippen LogP contribution in [-0.2, 0) is 14.3 Å². The van der Waals surface area contributed by atoms with E-state index in [2.05, 4.69) is 13.8 Å². The fraction of sp³-hybridized carbons (Fsp3) is 0.909. The molecule has 0 radical (unpaired) electrons. The van der Waals surface area contributed by atoms with E-state index < -0.39 is 0 Å². The van der Waals surface area contributed by atoms with E-state index in [9.17, 15) is 4.79 Å². The molecular weight excluding hydrogens is 180 g/mol. The normalized spacial score (nSPS) is 12.4. The monoisotopic (exact) mass is 202 g/mol. The van der Waals surface area contributed by atoms with Gasteiger partial charge in [-0.1, -0.05) is 33.1 Å². The SMILES string of the molecule is CCCCCOC(CCCC)OC=O. The summed E-state index contributed by atoms with van der Waals surface area (Å²) in [5.41, 5.74) is 0. The van der Waals surface area contributed by atoms with Crippen molar-refractivity contribution in [3.63, 3.8) is 0 Å². The Morgan fingerprint density at radius 2 is 1.86 bits per heavy atom. The van der Waals surface area contributed by atoms with Gasteiger partial charge in [-0.05, 0) is 12.8 Å². The van der Waals surface area contributed by atoms with Crippen LogP contribution < -0.4 is 0 Å². The van der Waals surface area contributed by atoms with E-state index in [0.717, 1.165) is 25.7 Å². The van der Waals surface area contributed by atoms with Crippen LogP contribution in [-0.4, -0.2) is 19.4 Å². The molecule has 0 heterocycles. The molecule has 0 aliphatic rings. The van der Waals surface area contributed by atoms with Gasteiger partial charge in [-0.15, -0.1) is 0 Å². The van der Waals surface area contributed by atoms with E-state index >= 15 is 0 Å². The van der Waals surface area contributed by atoms with E-state index in [1.54, 1.807) is 0 Å². The molecule has 0 aliphatic heterocycles. The van der Waals surface area contributed by atoms with Crippen molar-refractivity contribution in [3.05, 3.63) is 0 Å². The molecule has 0 saturated heterocycles. The molecule has 84 valence electrons. The second kappa shape index (κ2) is 10.5. The van der Waals surface area contributed by atoms with E-state index in [0.29, 0.717) is 13.1 Å². The van der Waals surface area contributed by atoms with Gasteiger partial charge in [-0.3, -0.25) is 4.79 Å². The second-order valence-electron chi connectivity index (χ2n) is 3.38. The van der Waals surface area contributed by atoms with Crippen LogP contribution in [0.15, 0.2) is 0 Å². The molecule has 0 aromatic heterocycles. The predicted molar refractivity (Wildman–Crippen MR) is 55.9 cm³/mol. The van der Waals surface area contributed by atoms with E-state index in [1.807, 2.05) is 0 Å². The number of ether oxygens (including phenoxy) is 2. The molecule has 0 spiro atoms. The molecule has 0 fully saturated rings. The lowest BCUT2D eigenvalue weighted by Gasteiger charge is -2.15. The molecule has 0 N–H and O–H groups in total. The quantitative estimate of drug-likeness (QED) is 0.310. The largest absolute Gasteiger partial charge is 0.438 e. The van der Waals surface area contributed by atoms with Gasteiger partial charge in [0.05, 0.1) is 6.61 Å². The van der Waals surface area contributed by atoms with Crippen molar-refractivity contribution in [1.29, 1.82) is 0 Å². The first-order valence-corrected chi connectivity index (χ1v) is 5.55. The highest BCUT2D eigenvalue weighted by atomic mass is 16.7. The maximum Gasteiger partial charge on any atom is 0.295 e. The third kappa shape index (κ3) is 8.05. The van der Waals surface area contributed by atoms with Crippen molar-refractivity contribution < 1.29 is 14.3 Å². The molecular formula is C11H22O3. The predicted octanol–water partition coefficient (Wildman–Crippen LogP) is 2.88.